The maximum atomic E-state index is 10.7. The van der Waals surface area contributed by atoms with Crippen molar-refractivity contribution in [2.75, 3.05) is 45.8 Å². The highest BCUT2D eigenvalue weighted by Gasteiger charge is 2.29. The second kappa shape index (κ2) is 10.5. The summed E-state index contributed by atoms with van der Waals surface area (Å²) >= 11 is 0. The third-order valence-electron chi connectivity index (χ3n) is 6.76. The molecule has 1 aliphatic heterocycles. The van der Waals surface area contributed by atoms with Crippen molar-refractivity contribution in [3.8, 4) is 22.8 Å². The van der Waals surface area contributed by atoms with Gasteiger partial charge in [-0.3, -0.25) is 4.90 Å². The molecule has 1 fully saturated rings. The first-order chi connectivity index (χ1) is 17.6. The molecule has 0 spiro atoms. The van der Waals surface area contributed by atoms with E-state index < -0.39 is 6.10 Å². The van der Waals surface area contributed by atoms with E-state index in [4.69, 9.17) is 14.6 Å². The van der Waals surface area contributed by atoms with Crippen LogP contribution in [0.2, 0.25) is 0 Å². The molecule has 2 aromatic carbocycles. The van der Waals surface area contributed by atoms with Crippen LogP contribution in [0.4, 0.5) is 11.6 Å². The van der Waals surface area contributed by atoms with Gasteiger partial charge in [-0.15, -0.1) is 5.10 Å². The first-order valence-corrected chi connectivity index (χ1v) is 12.1. The third-order valence-corrected chi connectivity index (χ3v) is 6.76. The summed E-state index contributed by atoms with van der Waals surface area (Å²) in [6.07, 6.45) is 2.09. The lowest BCUT2D eigenvalue weighted by molar-refractivity contribution is 0.0434. The SMILES string of the molecule is COc1cc([C@H]2CCN(CCO)C[C@H]2O)ccc1Nc1ncc2ccc(-c3ccccc3OC)n2n1. The van der Waals surface area contributed by atoms with Crippen LogP contribution in [0.25, 0.3) is 16.8 Å². The fourth-order valence-corrected chi connectivity index (χ4v) is 4.91. The number of benzene rings is 2. The molecule has 5 rings (SSSR count). The molecule has 1 aliphatic rings. The van der Waals surface area contributed by atoms with Crippen LogP contribution >= 0.6 is 0 Å². The monoisotopic (exact) mass is 489 g/mol. The van der Waals surface area contributed by atoms with Gasteiger partial charge < -0.3 is 25.0 Å². The molecule has 0 saturated carbocycles. The van der Waals surface area contributed by atoms with Crippen LogP contribution in [0, 0.1) is 0 Å². The van der Waals surface area contributed by atoms with Gasteiger partial charge >= 0.3 is 0 Å². The molecule has 0 bridgehead atoms. The summed E-state index contributed by atoms with van der Waals surface area (Å²) in [7, 11) is 3.28. The van der Waals surface area contributed by atoms with E-state index in [1.807, 2.05) is 59.1 Å². The molecule has 2 aromatic heterocycles. The van der Waals surface area contributed by atoms with Gasteiger partial charge in [-0.1, -0.05) is 18.2 Å². The number of anilines is 2. The molecule has 2 atom stereocenters. The van der Waals surface area contributed by atoms with Crippen LogP contribution in [-0.2, 0) is 0 Å². The molecule has 3 heterocycles. The third kappa shape index (κ3) is 4.73. The Morgan fingerprint density at radius 3 is 2.67 bits per heavy atom. The summed E-state index contributed by atoms with van der Waals surface area (Å²) in [4.78, 5) is 6.57. The summed E-state index contributed by atoms with van der Waals surface area (Å²) in [6.45, 7) is 2.07. The number of nitrogens with one attached hydrogen (secondary N) is 1. The van der Waals surface area contributed by atoms with Crippen LogP contribution in [0.1, 0.15) is 17.9 Å². The number of likely N-dealkylation sites (tertiary alicyclic amines) is 1. The predicted molar refractivity (Wildman–Crippen MR) is 138 cm³/mol. The van der Waals surface area contributed by atoms with E-state index in [1.54, 1.807) is 20.4 Å². The van der Waals surface area contributed by atoms with Crippen LogP contribution in [-0.4, -0.2) is 76.3 Å². The zero-order valence-corrected chi connectivity index (χ0v) is 20.5. The molecule has 0 amide bonds. The van der Waals surface area contributed by atoms with Crippen molar-refractivity contribution in [1.29, 1.82) is 0 Å². The Balaban J connectivity index is 1.40. The van der Waals surface area contributed by atoms with Gasteiger partial charge in [-0.2, -0.15) is 0 Å². The van der Waals surface area contributed by atoms with E-state index in [0.29, 0.717) is 24.8 Å². The van der Waals surface area contributed by atoms with Crippen LogP contribution in [0.3, 0.4) is 0 Å². The summed E-state index contributed by atoms with van der Waals surface area (Å²) < 4.78 is 13.1. The second-order valence-corrected chi connectivity index (χ2v) is 8.91. The Hall–Kier alpha value is -3.66. The van der Waals surface area contributed by atoms with E-state index in [9.17, 15) is 10.2 Å². The minimum atomic E-state index is -0.498. The summed E-state index contributed by atoms with van der Waals surface area (Å²) in [5.41, 5.74) is 4.46. The van der Waals surface area contributed by atoms with Gasteiger partial charge in [0.25, 0.3) is 0 Å². The number of aliphatic hydroxyl groups is 2. The number of hydrogen-bond acceptors (Lipinski definition) is 8. The van der Waals surface area contributed by atoms with Crippen LogP contribution in [0.15, 0.2) is 60.8 Å². The summed E-state index contributed by atoms with van der Waals surface area (Å²) in [6, 6.07) is 17.7. The first kappa shape index (κ1) is 24.1. The molecular weight excluding hydrogens is 458 g/mol. The molecule has 9 heteroatoms. The number of aliphatic hydroxyl groups excluding tert-OH is 2. The molecular formula is C27H31N5O4. The van der Waals surface area contributed by atoms with Gasteiger partial charge in [-0.05, 0) is 54.9 Å². The predicted octanol–water partition coefficient (Wildman–Crippen LogP) is 3.30. The van der Waals surface area contributed by atoms with E-state index in [1.165, 1.54) is 0 Å². The topological polar surface area (TPSA) is 104 Å². The van der Waals surface area contributed by atoms with Crippen molar-refractivity contribution in [1.82, 2.24) is 19.5 Å². The fraction of sp³-hybridized carbons (Fsp3) is 0.333. The quantitative estimate of drug-likeness (QED) is 0.346. The number of ether oxygens (including phenoxy) is 2. The van der Waals surface area contributed by atoms with Gasteiger partial charge in [0.1, 0.15) is 11.5 Å². The van der Waals surface area contributed by atoms with Crippen molar-refractivity contribution >= 4 is 17.2 Å². The highest BCUT2D eigenvalue weighted by molar-refractivity contribution is 5.72. The van der Waals surface area contributed by atoms with Gasteiger partial charge in [0.05, 0.1) is 50.0 Å². The molecule has 9 nitrogen and oxygen atoms in total. The molecule has 3 N–H and O–H groups in total. The van der Waals surface area contributed by atoms with Crippen LogP contribution in [0.5, 0.6) is 11.5 Å². The fourth-order valence-electron chi connectivity index (χ4n) is 4.91. The number of hydrogen-bond donors (Lipinski definition) is 3. The van der Waals surface area contributed by atoms with Gasteiger partial charge in [0.2, 0.25) is 5.95 Å². The Bertz CT molecular complexity index is 1340. The van der Waals surface area contributed by atoms with E-state index in [0.717, 1.165) is 46.7 Å². The lowest BCUT2D eigenvalue weighted by Gasteiger charge is -2.36. The Morgan fingerprint density at radius 2 is 1.89 bits per heavy atom. The number of aromatic nitrogens is 3. The van der Waals surface area contributed by atoms with Gasteiger partial charge in [0.15, 0.2) is 0 Å². The van der Waals surface area contributed by atoms with Crippen molar-refractivity contribution in [3.63, 3.8) is 0 Å². The molecule has 4 aromatic rings. The number of methoxy groups -OCH3 is 2. The van der Waals surface area contributed by atoms with Crippen LogP contribution < -0.4 is 14.8 Å². The zero-order valence-electron chi connectivity index (χ0n) is 20.5. The molecule has 0 radical (unpaired) electrons. The number of piperidine rings is 1. The lowest BCUT2D eigenvalue weighted by Crippen LogP contribution is -2.43. The maximum Gasteiger partial charge on any atom is 0.245 e. The molecule has 1 saturated heterocycles. The van der Waals surface area contributed by atoms with Crippen molar-refractivity contribution in [3.05, 3.63) is 66.4 Å². The number of β-amino-alcohol motifs (C(OH)–C–C–N with tert-alkyl or cyclic N) is 2. The lowest BCUT2D eigenvalue weighted by atomic mass is 9.87. The highest BCUT2D eigenvalue weighted by Crippen LogP contribution is 2.35. The number of rotatable bonds is 8. The highest BCUT2D eigenvalue weighted by atomic mass is 16.5. The molecule has 188 valence electrons. The van der Waals surface area contributed by atoms with Gasteiger partial charge in [0, 0.05) is 24.6 Å². The van der Waals surface area contributed by atoms with Gasteiger partial charge in [-0.25, -0.2) is 9.50 Å². The molecule has 0 unspecified atom stereocenters. The minimum Gasteiger partial charge on any atom is -0.496 e. The van der Waals surface area contributed by atoms with E-state index >= 15 is 0 Å². The Morgan fingerprint density at radius 1 is 1.06 bits per heavy atom. The summed E-state index contributed by atoms with van der Waals surface area (Å²) in [5, 5.41) is 27.9. The average molecular weight is 490 g/mol. The number of nitrogens with zero attached hydrogens (tertiary/aromatic N) is 4. The average Bonchev–Trinajstić information content (AvgIpc) is 3.32. The Kier molecular flexibility index (Phi) is 7.04. The zero-order chi connectivity index (χ0) is 25.1. The number of fused-ring (bicyclic) bond motifs is 1. The normalized spacial score (nSPS) is 18.3. The maximum absolute atomic E-state index is 10.7. The standard InChI is InChI=1S/C27H31N5O4/c1-35-25-6-4-3-5-21(25)23-10-8-19-16-28-27(30-32(19)23)29-22-9-7-18(15-26(22)36-2)20-11-12-31(13-14-33)17-24(20)34/h3-10,15-16,20,24,33-34H,11-14,17H2,1-2H3,(H,29,30)/t20-,24-/m1/s1. The van der Waals surface area contributed by atoms with Crippen molar-refractivity contribution in [2.24, 2.45) is 0 Å². The van der Waals surface area contributed by atoms with Crippen molar-refractivity contribution in [2.45, 2.75) is 18.4 Å². The smallest absolute Gasteiger partial charge is 0.245 e. The van der Waals surface area contributed by atoms with E-state index in [-0.39, 0.29) is 12.5 Å². The molecule has 36 heavy (non-hydrogen) atoms. The number of para-hydroxylation sites is 1. The second-order valence-electron chi connectivity index (χ2n) is 8.91. The summed E-state index contributed by atoms with van der Waals surface area (Å²) in [5.74, 6) is 1.86. The molecule has 0 aliphatic carbocycles. The van der Waals surface area contributed by atoms with Crippen molar-refractivity contribution < 1.29 is 19.7 Å². The Labute approximate surface area is 209 Å². The largest absolute Gasteiger partial charge is 0.496 e. The first-order valence-electron chi connectivity index (χ1n) is 12.1. The van der Waals surface area contributed by atoms with E-state index in [2.05, 4.69) is 15.2 Å². The minimum absolute atomic E-state index is 0.0128.